The molecule has 0 saturated carbocycles. The smallest absolute Gasteiger partial charge is 0.337 e. The van der Waals surface area contributed by atoms with Crippen LogP contribution in [-0.4, -0.2) is 44.2 Å². The lowest BCUT2D eigenvalue weighted by Crippen LogP contribution is -2.26. The van der Waals surface area contributed by atoms with E-state index in [-0.39, 0.29) is 5.91 Å². The lowest BCUT2D eigenvalue weighted by atomic mass is 10.2. The highest BCUT2D eigenvalue weighted by molar-refractivity contribution is 5.94. The molecule has 1 heterocycles. The number of ether oxygens (including phenoxy) is 2. The molecule has 2 aromatic rings. The number of pyridine rings is 1. The van der Waals surface area contributed by atoms with Crippen molar-refractivity contribution in [3.8, 4) is 0 Å². The summed E-state index contributed by atoms with van der Waals surface area (Å²) in [7, 11) is 2.91. The van der Waals surface area contributed by atoms with Crippen molar-refractivity contribution in [3.63, 3.8) is 0 Å². The third kappa shape index (κ3) is 4.79. The topological polar surface area (TPSA) is 89.6 Å². The first-order valence-corrected chi connectivity index (χ1v) is 7.32. The predicted molar refractivity (Wildman–Crippen MR) is 89.5 cm³/mol. The molecule has 0 aliphatic rings. The number of methoxy groups -OCH3 is 2. The fourth-order valence-corrected chi connectivity index (χ4v) is 1.96. The Balaban J connectivity index is 2.01. The maximum Gasteiger partial charge on any atom is 0.337 e. The minimum Gasteiger partial charge on any atom is -0.465 e. The molecule has 1 aromatic heterocycles. The Kier molecular flexibility index (Phi) is 6.27. The summed E-state index contributed by atoms with van der Waals surface area (Å²) < 4.78 is 9.56. The van der Waals surface area contributed by atoms with Crippen LogP contribution in [0.1, 0.15) is 20.7 Å². The molecular formula is C17H19N3O4. The van der Waals surface area contributed by atoms with Crippen molar-refractivity contribution in [3.05, 3.63) is 53.7 Å². The molecular weight excluding hydrogens is 310 g/mol. The van der Waals surface area contributed by atoms with Gasteiger partial charge in [-0.2, -0.15) is 0 Å². The number of aromatic nitrogens is 1. The molecule has 0 radical (unpaired) electrons. The van der Waals surface area contributed by atoms with Crippen molar-refractivity contribution in [2.45, 2.75) is 0 Å². The summed E-state index contributed by atoms with van der Waals surface area (Å²) in [4.78, 5) is 27.6. The number of carbonyl (C=O) groups is 2. The molecule has 0 unspecified atom stereocenters. The quantitative estimate of drug-likeness (QED) is 0.596. The molecule has 24 heavy (non-hydrogen) atoms. The third-order valence-corrected chi connectivity index (χ3v) is 3.17. The summed E-state index contributed by atoms with van der Waals surface area (Å²) >= 11 is 0. The summed E-state index contributed by atoms with van der Waals surface area (Å²) in [6.07, 6.45) is 1.48. The van der Waals surface area contributed by atoms with E-state index in [0.717, 1.165) is 0 Å². The minimum absolute atomic E-state index is 0.209. The number of hydrogen-bond acceptors (Lipinski definition) is 6. The molecule has 7 heteroatoms. The molecule has 1 aromatic carbocycles. The summed E-state index contributed by atoms with van der Waals surface area (Å²) in [6.45, 7) is 0.894. The van der Waals surface area contributed by atoms with Gasteiger partial charge in [0.05, 0.1) is 24.8 Å². The Labute approximate surface area is 140 Å². The first-order valence-electron chi connectivity index (χ1n) is 7.32. The second kappa shape index (κ2) is 8.64. The van der Waals surface area contributed by atoms with Gasteiger partial charge in [0, 0.05) is 25.5 Å². The van der Waals surface area contributed by atoms with Crippen LogP contribution in [0.5, 0.6) is 0 Å². The van der Waals surface area contributed by atoms with E-state index in [1.54, 1.807) is 43.5 Å². The zero-order chi connectivity index (χ0) is 17.4. The van der Waals surface area contributed by atoms with E-state index in [1.165, 1.54) is 13.3 Å². The maximum absolute atomic E-state index is 11.9. The molecule has 7 nitrogen and oxygen atoms in total. The van der Waals surface area contributed by atoms with Crippen molar-refractivity contribution < 1.29 is 19.1 Å². The van der Waals surface area contributed by atoms with E-state index < -0.39 is 5.97 Å². The van der Waals surface area contributed by atoms with E-state index in [2.05, 4.69) is 20.4 Å². The Hall–Kier alpha value is -2.93. The second-order valence-corrected chi connectivity index (χ2v) is 4.88. The molecule has 0 aliphatic carbocycles. The summed E-state index contributed by atoms with van der Waals surface area (Å²) in [5.74, 6) is -0.0565. The molecule has 126 valence electrons. The van der Waals surface area contributed by atoms with Crippen LogP contribution < -0.4 is 10.6 Å². The fourth-order valence-electron chi connectivity index (χ4n) is 1.96. The van der Waals surface area contributed by atoms with Crippen LogP contribution in [0.3, 0.4) is 0 Å². The molecule has 1 amide bonds. The van der Waals surface area contributed by atoms with Gasteiger partial charge < -0.3 is 20.1 Å². The molecule has 2 rings (SSSR count). The lowest BCUT2D eigenvalue weighted by Gasteiger charge is -2.08. The SMILES string of the molecule is COCCNC(=O)c1ccc(Nc2cccc(C(=O)OC)c2)nc1. The first kappa shape index (κ1) is 17.4. The molecule has 0 atom stereocenters. The Morgan fingerprint density at radius 1 is 1.12 bits per heavy atom. The van der Waals surface area contributed by atoms with Crippen molar-refractivity contribution in [1.29, 1.82) is 0 Å². The number of rotatable bonds is 7. The van der Waals surface area contributed by atoms with Gasteiger partial charge in [0.15, 0.2) is 0 Å². The van der Waals surface area contributed by atoms with Gasteiger partial charge in [-0.05, 0) is 30.3 Å². The zero-order valence-electron chi connectivity index (χ0n) is 13.5. The molecule has 2 N–H and O–H groups in total. The summed E-state index contributed by atoms with van der Waals surface area (Å²) in [5.41, 5.74) is 1.60. The van der Waals surface area contributed by atoms with Crippen molar-refractivity contribution >= 4 is 23.4 Å². The minimum atomic E-state index is -0.408. The van der Waals surface area contributed by atoms with E-state index >= 15 is 0 Å². The van der Waals surface area contributed by atoms with Crippen molar-refractivity contribution in [1.82, 2.24) is 10.3 Å². The van der Waals surface area contributed by atoms with Crippen molar-refractivity contribution in [2.75, 3.05) is 32.7 Å². The standard InChI is InChI=1S/C17H19N3O4/c1-23-9-8-18-16(21)13-6-7-15(19-11-13)20-14-5-3-4-12(10-14)17(22)24-2/h3-7,10-11H,8-9H2,1-2H3,(H,18,21)(H,19,20). The number of esters is 1. The average Bonchev–Trinajstić information content (AvgIpc) is 2.62. The third-order valence-electron chi connectivity index (χ3n) is 3.17. The Morgan fingerprint density at radius 3 is 2.62 bits per heavy atom. The number of nitrogens with one attached hydrogen (secondary N) is 2. The summed E-state index contributed by atoms with van der Waals surface area (Å²) in [6, 6.07) is 10.2. The maximum atomic E-state index is 11.9. The lowest BCUT2D eigenvalue weighted by molar-refractivity contribution is 0.0600. The predicted octanol–water partition coefficient (Wildman–Crippen LogP) is 1.99. The van der Waals surface area contributed by atoms with Crippen LogP contribution in [0.2, 0.25) is 0 Å². The van der Waals surface area contributed by atoms with E-state index in [0.29, 0.717) is 35.8 Å². The first-order chi connectivity index (χ1) is 11.6. The number of anilines is 2. The highest BCUT2D eigenvalue weighted by Crippen LogP contribution is 2.16. The zero-order valence-corrected chi connectivity index (χ0v) is 13.5. The number of benzene rings is 1. The van der Waals surface area contributed by atoms with Crippen LogP contribution in [-0.2, 0) is 9.47 Å². The van der Waals surface area contributed by atoms with E-state index in [1.807, 2.05) is 0 Å². The number of nitrogens with zero attached hydrogens (tertiary/aromatic N) is 1. The van der Waals surface area contributed by atoms with Gasteiger partial charge in [-0.3, -0.25) is 4.79 Å². The Morgan fingerprint density at radius 2 is 1.96 bits per heavy atom. The van der Waals surface area contributed by atoms with Gasteiger partial charge in [-0.25, -0.2) is 9.78 Å². The van der Waals surface area contributed by atoms with Gasteiger partial charge in [0.2, 0.25) is 0 Å². The molecule has 0 bridgehead atoms. The van der Waals surface area contributed by atoms with Crippen LogP contribution in [0.15, 0.2) is 42.6 Å². The highest BCUT2D eigenvalue weighted by atomic mass is 16.5. The van der Waals surface area contributed by atoms with Crippen LogP contribution in [0.25, 0.3) is 0 Å². The van der Waals surface area contributed by atoms with Gasteiger partial charge in [-0.15, -0.1) is 0 Å². The molecule has 0 spiro atoms. The van der Waals surface area contributed by atoms with E-state index in [9.17, 15) is 9.59 Å². The highest BCUT2D eigenvalue weighted by Gasteiger charge is 2.07. The van der Waals surface area contributed by atoms with E-state index in [4.69, 9.17) is 4.74 Å². The average molecular weight is 329 g/mol. The molecule has 0 saturated heterocycles. The van der Waals surface area contributed by atoms with Crippen molar-refractivity contribution in [2.24, 2.45) is 0 Å². The molecule has 0 fully saturated rings. The van der Waals surface area contributed by atoms with Gasteiger partial charge in [-0.1, -0.05) is 6.07 Å². The van der Waals surface area contributed by atoms with Crippen LogP contribution in [0, 0.1) is 0 Å². The number of carbonyl (C=O) groups excluding carboxylic acids is 2. The number of hydrogen-bond donors (Lipinski definition) is 2. The summed E-state index contributed by atoms with van der Waals surface area (Å²) in [5, 5.41) is 5.79. The normalized spacial score (nSPS) is 10.1. The van der Waals surface area contributed by atoms with Crippen LogP contribution in [0.4, 0.5) is 11.5 Å². The largest absolute Gasteiger partial charge is 0.465 e. The number of amides is 1. The molecule has 0 aliphatic heterocycles. The fraction of sp³-hybridized carbons (Fsp3) is 0.235. The van der Waals surface area contributed by atoms with Gasteiger partial charge in [0.25, 0.3) is 5.91 Å². The second-order valence-electron chi connectivity index (χ2n) is 4.88. The van der Waals surface area contributed by atoms with Gasteiger partial charge >= 0.3 is 5.97 Å². The van der Waals surface area contributed by atoms with Gasteiger partial charge in [0.1, 0.15) is 5.82 Å². The van der Waals surface area contributed by atoms with Crippen LogP contribution >= 0.6 is 0 Å². The Bertz CT molecular complexity index is 701. The monoisotopic (exact) mass is 329 g/mol.